The van der Waals surface area contributed by atoms with Gasteiger partial charge in [0.1, 0.15) is 5.82 Å². The molecule has 1 aromatic heterocycles. The zero-order valence-corrected chi connectivity index (χ0v) is 10.5. The Labute approximate surface area is 113 Å². The van der Waals surface area contributed by atoms with Gasteiger partial charge in [0.15, 0.2) is 5.82 Å². The van der Waals surface area contributed by atoms with Crippen LogP contribution in [-0.4, -0.2) is 10.9 Å². The molecule has 3 nitrogen and oxygen atoms in total. The van der Waals surface area contributed by atoms with Gasteiger partial charge in [0.25, 0.3) is 5.91 Å². The minimum Gasteiger partial charge on any atom is -0.305 e. The molecule has 1 amide bonds. The van der Waals surface area contributed by atoms with Crippen LogP contribution in [0.15, 0.2) is 36.5 Å². The summed E-state index contributed by atoms with van der Waals surface area (Å²) >= 11 is 11.4. The van der Waals surface area contributed by atoms with Crippen LogP contribution in [0.1, 0.15) is 10.4 Å². The molecule has 0 saturated carbocycles. The predicted molar refractivity (Wildman–Crippen MR) is 68.6 cm³/mol. The average Bonchev–Trinajstić information content (AvgIpc) is 2.32. The fraction of sp³-hybridized carbons (Fsp3) is 0. The van der Waals surface area contributed by atoms with Crippen molar-refractivity contribution in [1.29, 1.82) is 0 Å². The van der Waals surface area contributed by atoms with Crippen LogP contribution in [0.3, 0.4) is 0 Å². The van der Waals surface area contributed by atoms with Crippen molar-refractivity contribution in [2.24, 2.45) is 0 Å². The number of amides is 1. The molecule has 0 spiro atoms. The molecule has 1 heterocycles. The average molecular weight is 285 g/mol. The number of nitrogens with one attached hydrogen (secondary N) is 1. The number of halogens is 3. The minimum atomic E-state index is -0.702. The largest absolute Gasteiger partial charge is 0.305 e. The SMILES string of the molecule is O=C(Nc1ncccc1Cl)c1ccc(Cl)cc1F. The highest BCUT2D eigenvalue weighted by atomic mass is 35.5. The Hall–Kier alpha value is -1.65. The number of anilines is 1. The molecule has 0 fully saturated rings. The number of carbonyl (C=O) groups is 1. The van der Waals surface area contributed by atoms with Crippen LogP contribution in [0.25, 0.3) is 0 Å². The van der Waals surface area contributed by atoms with Gasteiger partial charge >= 0.3 is 0 Å². The maximum Gasteiger partial charge on any atom is 0.259 e. The van der Waals surface area contributed by atoms with Gasteiger partial charge in [-0.25, -0.2) is 9.37 Å². The van der Waals surface area contributed by atoms with Crippen molar-refractivity contribution in [3.63, 3.8) is 0 Å². The van der Waals surface area contributed by atoms with Gasteiger partial charge in [-0.1, -0.05) is 23.2 Å². The first-order chi connectivity index (χ1) is 8.58. The third-order valence-electron chi connectivity index (χ3n) is 2.17. The number of hydrogen-bond acceptors (Lipinski definition) is 2. The highest BCUT2D eigenvalue weighted by Gasteiger charge is 2.13. The van der Waals surface area contributed by atoms with Gasteiger partial charge in [0, 0.05) is 11.2 Å². The zero-order chi connectivity index (χ0) is 13.1. The first-order valence-electron chi connectivity index (χ1n) is 4.95. The van der Waals surface area contributed by atoms with E-state index in [1.807, 2.05) is 0 Å². The molecule has 0 saturated heterocycles. The molecule has 0 aliphatic rings. The van der Waals surface area contributed by atoms with Gasteiger partial charge in [-0.15, -0.1) is 0 Å². The van der Waals surface area contributed by atoms with Gasteiger partial charge < -0.3 is 5.32 Å². The Balaban J connectivity index is 2.25. The van der Waals surface area contributed by atoms with Crippen LogP contribution in [0.2, 0.25) is 10.0 Å². The molecule has 0 radical (unpaired) electrons. The second-order valence-electron chi connectivity index (χ2n) is 3.41. The molecular weight excluding hydrogens is 278 g/mol. The minimum absolute atomic E-state index is 0.124. The first kappa shape index (κ1) is 12.8. The van der Waals surface area contributed by atoms with Gasteiger partial charge in [-0.05, 0) is 30.3 Å². The van der Waals surface area contributed by atoms with Crippen molar-refractivity contribution in [2.45, 2.75) is 0 Å². The Morgan fingerprint density at radius 3 is 2.72 bits per heavy atom. The number of pyridine rings is 1. The van der Waals surface area contributed by atoms with Crippen molar-refractivity contribution in [1.82, 2.24) is 4.98 Å². The topological polar surface area (TPSA) is 42.0 Å². The highest BCUT2D eigenvalue weighted by molar-refractivity contribution is 6.33. The van der Waals surface area contributed by atoms with E-state index in [0.29, 0.717) is 0 Å². The molecule has 92 valence electrons. The summed E-state index contributed by atoms with van der Waals surface area (Å²) in [4.78, 5) is 15.7. The molecule has 1 N–H and O–H groups in total. The summed E-state index contributed by atoms with van der Waals surface area (Å²) in [5, 5.41) is 2.92. The van der Waals surface area contributed by atoms with Crippen molar-refractivity contribution in [3.05, 3.63) is 58.0 Å². The van der Waals surface area contributed by atoms with Gasteiger partial charge in [-0.3, -0.25) is 4.79 Å². The Morgan fingerprint density at radius 2 is 2.06 bits per heavy atom. The summed E-state index contributed by atoms with van der Waals surface area (Å²) in [5.74, 6) is -1.16. The third kappa shape index (κ3) is 2.78. The third-order valence-corrected chi connectivity index (χ3v) is 2.71. The van der Waals surface area contributed by atoms with Crippen LogP contribution in [0.4, 0.5) is 10.2 Å². The number of rotatable bonds is 2. The lowest BCUT2D eigenvalue weighted by Crippen LogP contribution is -2.14. The van der Waals surface area contributed by atoms with E-state index in [0.717, 1.165) is 6.07 Å². The molecule has 0 aliphatic carbocycles. The van der Waals surface area contributed by atoms with E-state index >= 15 is 0 Å². The summed E-state index contributed by atoms with van der Waals surface area (Å²) in [5.41, 5.74) is -0.124. The van der Waals surface area contributed by atoms with Gasteiger partial charge in [0.05, 0.1) is 10.6 Å². The fourth-order valence-electron chi connectivity index (χ4n) is 1.33. The van der Waals surface area contributed by atoms with Crippen molar-refractivity contribution >= 4 is 34.9 Å². The maximum atomic E-state index is 13.5. The Morgan fingerprint density at radius 1 is 1.28 bits per heavy atom. The van der Waals surface area contributed by atoms with Crippen molar-refractivity contribution in [3.8, 4) is 0 Å². The summed E-state index contributed by atoms with van der Waals surface area (Å²) in [7, 11) is 0. The van der Waals surface area contributed by atoms with Gasteiger partial charge in [-0.2, -0.15) is 0 Å². The fourth-order valence-corrected chi connectivity index (χ4v) is 1.65. The molecule has 2 rings (SSSR count). The van der Waals surface area contributed by atoms with E-state index in [4.69, 9.17) is 23.2 Å². The number of benzene rings is 1. The molecule has 0 unspecified atom stereocenters. The molecule has 1 aromatic carbocycles. The molecular formula is C12H7Cl2FN2O. The van der Waals surface area contributed by atoms with E-state index in [-0.39, 0.29) is 21.4 Å². The monoisotopic (exact) mass is 284 g/mol. The summed E-state index contributed by atoms with van der Waals surface area (Å²) in [6.07, 6.45) is 1.47. The van der Waals surface area contributed by atoms with E-state index in [1.54, 1.807) is 12.1 Å². The van der Waals surface area contributed by atoms with Crippen molar-refractivity contribution in [2.75, 3.05) is 5.32 Å². The molecule has 0 atom stereocenters. The number of aromatic nitrogens is 1. The molecule has 6 heteroatoms. The first-order valence-corrected chi connectivity index (χ1v) is 5.70. The van der Waals surface area contributed by atoms with Crippen LogP contribution in [0, 0.1) is 5.82 Å². The second kappa shape index (κ2) is 5.33. The van der Waals surface area contributed by atoms with E-state index < -0.39 is 11.7 Å². The number of nitrogens with zero attached hydrogens (tertiary/aromatic N) is 1. The molecule has 0 bridgehead atoms. The van der Waals surface area contributed by atoms with E-state index in [2.05, 4.69) is 10.3 Å². The lowest BCUT2D eigenvalue weighted by atomic mass is 10.2. The number of carbonyl (C=O) groups excluding carboxylic acids is 1. The van der Waals surface area contributed by atoms with Gasteiger partial charge in [0.2, 0.25) is 0 Å². The molecule has 18 heavy (non-hydrogen) atoms. The lowest BCUT2D eigenvalue weighted by molar-refractivity contribution is 0.102. The van der Waals surface area contributed by atoms with Crippen molar-refractivity contribution < 1.29 is 9.18 Å². The Kier molecular flexibility index (Phi) is 3.79. The zero-order valence-electron chi connectivity index (χ0n) is 8.95. The summed E-state index contributed by atoms with van der Waals surface area (Å²) in [6, 6.07) is 6.99. The number of hydrogen-bond donors (Lipinski definition) is 1. The molecule has 0 aliphatic heterocycles. The van der Waals surface area contributed by atoms with Crippen LogP contribution in [-0.2, 0) is 0 Å². The van der Waals surface area contributed by atoms with Crippen LogP contribution >= 0.6 is 23.2 Å². The normalized spacial score (nSPS) is 10.2. The standard InChI is InChI=1S/C12H7Cl2FN2O/c13-7-3-4-8(10(15)6-7)12(18)17-11-9(14)2-1-5-16-11/h1-6H,(H,16,17,18). The maximum absolute atomic E-state index is 13.5. The lowest BCUT2D eigenvalue weighted by Gasteiger charge is -2.06. The Bertz CT molecular complexity index is 604. The smallest absolute Gasteiger partial charge is 0.259 e. The quantitative estimate of drug-likeness (QED) is 0.912. The van der Waals surface area contributed by atoms with Crippen LogP contribution < -0.4 is 5.32 Å². The molecule has 2 aromatic rings. The van der Waals surface area contributed by atoms with Crippen LogP contribution in [0.5, 0.6) is 0 Å². The second-order valence-corrected chi connectivity index (χ2v) is 4.26. The predicted octanol–water partition coefficient (Wildman–Crippen LogP) is 3.78. The summed E-state index contributed by atoms with van der Waals surface area (Å²) in [6.45, 7) is 0. The highest BCUT2D eigenvalue weighted by Crippen LogP contribution is 2.20. The van der Waals surface area contributed by atoms with E-state index in [9.17, 15) is 9.18 Å². The summed E-state index contributed by atoms with van der Waals surface area (Å²) < 4.78 is 13.5. The van der Waals surface area contributed by atoms with E-state index in [1.165, 1.54) is 18.3 Å².